The molecule has 0 saturated heterocycles. The molecule has 1 aromatic rings. The zero-order valence-electron chi connectivity index (χ0n) is 13.0. The standard InChI is InChI=1S/C17H20O5/c1-19-10-22-17-8-12(14(9-17)16(18)21-3)6-11-7-13(20-2)4-5-15(11)17/h4-5,7,9,12H,6,8,10H2,1-3H3. The summed E-state index contributed by atoms with van der Waals surface area (Å²) in [7, 11) is 4.64. The molecule has 0 aromatic heterocycles. The van der Waals surface area contributed by atoms with E-state index < -0.39 is 5.60 Å². The molecule has 0 radical (unpaired) electrons. The van der Waals surface area contributed by atoms with Gasteiger partial charge in [0.25, 0.3) is 0 Å². The maximum Gasteiger partial charge on any atom is 0.333 e. The molecule has 2 aliphatic rings. The van der Waals surface area contributed by atoms with Crippen LogP contribution in [0.25, 0.3) is 0 Å². The van der Waals surface area contributed by atoms with Crippen molar-refractivity contribution in [3.8, 4) is 5.75 Å². The topological polar surface area (TPSA) is 54.0 Å². The molecular weight excluding hydrogens is 284 g/mol. The third kappa shape index (κ3) is 2.30. The molecule has 0 N–H and O–H groups in total. The number of carbonyl (C=O) groups is 1. The summed E-state index contributed by atoms with van der Waals surface area (Å²) in [6.07, 6.45) is 3.42. The van der Waals surface area contributed by atoms with Crippen molar-refractivity contribution in [3.63, 3.8) is 0 Å². The largest absolute Gasteiger partial charge is 0.497 e. The quantitative estimate of drug-likeness (QED) is 0.616. The van der Waals surface area contributed by atoms with E-state index in [1.165, 1.54) is 7.11 Å². The Hall–Kier alpha value is -1.85. The number of fused-ring (bicyclic) bond motifs is 4. The van der Waals surface area contributed by atoms with Gasteiger partial charge in [-0.25, -0.2) is 4.79 Å². The van der Waals surface area contributed by atoms with E-state index in [1.807, 2.05) is 24.3 Å². The van der Waals surface area contributed by atoms with Crippen molar-refractivity contribution in [2.75, 3.05) is 28.1 Å². The second kappa shape index (κ2) is 5.74. The molecule has 0 spiro atoms. The van der Waals surface area contributed by atoms with Gasteiger partial charge in [-0.15, -0.1) is 0 Å². The van der Waals surface area contributed by atoms with Gasteiger partial charge in [-0.1, -0.05) is 6.07 Å². The van der Waals surface area contributed by atoms with Gasteiger partial charge in [-0.2, -0.15) is 0 Å². The molecule has 0 saturated carbocycles. The van der Waals surface area contributed by atoms with Crippen molar-refractivity contribution in [2.24, 2.45) is 5.92 Å². The molecule has 2 atom stereocenters. The van der Waals surface area contributed by atoms with Gasteiger partial charge in [0, 0.05) is 12.7 Å². The molecule has 22 heavy (non-hydrogen) atoms. The second-order valence-electron chi connectivity index (χ2n) is 5.66. The summed E-state index contributed by atoms with van der Waals surface area (Å²) in [6, 6.07) is 5.94. The number of rotatable bonds is 5. The van der Waals surface area contributed by atoms with Gasteiger partial charge in [-0.05, 0) is 48.1 Å². The number of ether oxygens (including phenoxy) is 4. The van der Waals surface area contributed by atoms with Crippen LogP contribution in [0.5, 0.6) is 5.75 Å². The van der Waals surface area contributed by atoms with Gasteiger partial charge in [-0.3, -0.25) is 0 Å². The third-order valence-electron chi connectivity index (χ3n) is 4.47. The lowest BCUT2D eigenvalue weighted by Gasteiger charge is -2.35. The average molecular weight is 304 g/mol. The van der Waals surface area contributed by atoms with Crippen molar-refractivity contribution >= 4 is 5.97 Å². The molecule has 0 fully saturated rings. The highest BCUT2D eigenvalue weighted by molar-refractivity contribution is 5.90. The minimum atomic E-state index is -0.621. The molecule has 2 aliphatic carbocycles. The molecule has 2 bridgehead atoms. The van der Waals surface area contributed by atoms with Crippen LogP contribution in [0.4, 0.5) is 0 Å². The van der Waals surface area contributed by atoms with E-state index in [0.29, 0.717) is 5.57 Å². The fourth-order valence-electron chi connectivity index (χ4n) is 3.50. The Morgan fingerprint density at radius 1 is 1.32 bits per heavy atom. The Morgan fingerprint density at radius 2 is 2.14 bits per heavy atom. The first-order valence-corrected chi connectivity index (χ1v) is 7.25. The predicted molar refractivity (Wildman–Crippen MR) is 79.5 cm³/mol. The fourth-order valence-corrected chi connectivity index (χ4v) is 3.50. The van der Waals surface area contributed by atoms with E-state index in [4.69, 9.17) is 18.9 Å². The summed E-state index contributed by atoms with van der Waals surface area (Å²) in [5, 5.41) is 0. The van der Waals surface area contributed by atoms with E-state index in [9.17, 15) is 4.79 Å². The zero-order chi connectivity index (χ0) is 15.7. The lowest BCUT2D eigenvalue weighted by molar-refractivity contribution is -0.136. The Kier molecular flexibility index (Phi) is 3.93. The van der Waals surface area contributed by atoms with Gasteiger partial charge in [0.1, 0.15) is 18.1 Å². The second-order valence-corrected chi connectivity index (χ2v) is 5.66. The summed E-state index contributed by atoms with van der Waals surface area (Å²) in [5.74, 6) is 0.623. The van der Waals surface area contributed by atoms with Crippen LogP contribution in [0.3, 0.4) is 0 Å². The van der Waals surface area contributed by atoms with Gasteiger partial charge < -0.3 is 18.9 Å². The van der Waals surface area contributed by atoms with E-state index in [0.717, 1.165) is 29.7 Å². The normalized spacial score (nSPS) is 25.4. The molecule has 2 unspecified atom stereocenters. The SMILES string of the molecule is COCOC12C=C(C(=O)OC)C(Cc3cc(OC)ccc31)C2. The molecule has 0 amide bonds. The number of esters is 1. The van der Waals surface area contributed by atoms with Crippen LogP contribution in [-0.4, -0.2) is 34.1 Å². The lowest BCUT2D eigenvalue weighted by Crippen LogP contribution is -2.32. The molecule has 118 valence electrons. The maximum absolute atomic E-state index is 12.0. The molecule has 0 heterocycles. The van der Waals surface area contributed by atoms with E-state index in [2.05, 4.69) is 0 Å². The highest BCUT2D eigenvalue weighted by atomic mass is 16.7. The zero-order valence-corrected chi connectivity index (χ0v) is 13.0. The third-order valence-corrected chi connectivity index (χ3v) is 4.47. The van der Waals surface area contributed by atoms with Gasteiger partial charge in [0.15, 0.2) is 0 Å². The summed E-state index contributed by atoms with van der Waals surface area (Å²) in [5.41, 5.74) is 2.28. The number of hydrogen-bond acceptors (Lipinski definition) is 5. The highest BCUT2D eigenvalue weighted by Gasteiger charge is 2.48. The van der Waals surface area contributed by atoms with E-state index in [1.54, 1.807) is 14.2 Å². The minimum Gasteiger partial charge on any atom is -0.497 e. The highest BCUT2D eigenvalue weighted by Crippen LogP contribution is 2.51. The van der Waals surface area contributed by atoms with Crippen molar-refractivity contribution in [1.82, 2.24) is 0 Å². The minimum absolute atomic E-state index is 0.101. The average Bonchev–Trinajstić information content (AvgIpc) is 2.86. The Morgan fingerprint density at radius 3 is 2.82 bits per heavy atom. The first kappa shape index (κ1) is 15.1. The van der Waals surface area contributed by atoms with Crippen LogP contribution in [0.15, 0.2) is 29.8 Å². The molecule has 0 aliphatic heterocycles. The van der Waals surface area contributed by atoms with E-state index in [-0.39, 0.29) is 18.7 Å². The van der Waals surface area contributed by atoms with Crippen molar-refractivity contribution in [1.29, 1.82) is 0 Å². The fraction of sp³-hybridized carbons (Fsp3) is 0.471. The van der Waals surface area contributed by atoms with Crippen molar-refractivity contribution in [2.45, 2.75) is 18.4 Å². The molecule has 3 rings (SSSR count). The Labute approximate surface area is 129 Å². The van der Waals surface area contributed by atoms with Crippen LogP contribution in [0, 0.1) is 5.92 Å². The van der Waals surface area contributed by atoms with Crippen LogP contribution >= 0.6 is 0 Å². The Bertz CT molecular complexity index is 621. The maximum atomic E-state index is 12.0. The Balaban J connectivity index is 2.05. The molecular formula is C17H20O5. The van der Waals surface area contributed by atoms with Crippen molar-refractivity contribution in [3.05, 3.63) is 41.0 Å². The number of benzene rings is 1. The summed E-state index contributed by atoms with van der Waals surface area (Å²) in [6.45, 7) is 0.170. The first-order chi connectivity index (χ1) is 10.6. The van der Waals surface area contributed by atoms with Crippen molar-refractivity contribution < 1.29 is 23.7 Å². The lowest BCUT2D eigenvalue weighted by atomic mass is 9.78. The smallest absolute Gasteiger partial charge is 0.333 e. The molecule has 5 nitrogen and oxygen atoms in total. The number of carbonyl (C=O) groups excluding carboxylic acids is 1. The van der Waals surface area contributed by atoms with Gasteiger partial charge in [0.05, 0.1) is 14.2 Å². The van der Waals surface area contributed by atoms with Crippen LogP contribution < -0.4 is 4.74 Å². The predicted octanol–water partition coefficient (Wildman–Crippen LogP) is 2.19. The van der Waals surface area contributed by atoms with Gasteiger partial charge >= 0.3 is 5.97 Å². The van der Waals surface area contributed by atoms with Crippen LogP contribution in [-0.2, 0) is 31.0 Å². The summed E-state index contributed by atoms with van der Waals surface area (Å²) in [4.78, 5) is 12.0. The van der Waals surface area contributed by atoms with Gasteiger partial charge in [0.2, 0.25) is 0 Å². The number of methoxy groups -OCH3 is 3. The molecule has 1 aromatic carbocycles. The summed E-state index contributed by atoms with van der Waals surface area (Å²) < 4.78 is 21.3. The number of hydrogen-bond donors (Lipinski definition) is 0. The van der Waals surface area contributed by atoms with E-state index >= 15 is 0 Å². The monoisotopic (exact) mass is 304 g/mol. The first-order valence-electron chi connectivity index (χ1n) is 7.25. The van der Waals surface area contributed by atoms with Crippen LogP contribution in [0.2, 0.25) is 0 Å². The molecule has 5 heteroatoms. The summed E-state index contributed by atoms with van der Waals surface area (Å²) >= 11 is 0. The van der Waals surface area contributed by atoms with Crippen LogP contribution in [0.1, 0.15) is 17.5 Å².